The second-order valence-electron chi connectivity index (χ2n) is 5.40. The summed E-state index contributed by atoms with van der Waals surface area (Å²) in [7, 11) is 3.07. The van der Waals surface area contributed by atoms with Gasteiger partial charge in [-0.05, 0) is 54.2 Å². The van der Waals surface area contributed by atoms with Crippen LogP contribution >= 0.6 is 0 Å². The van der Waals surface area contributed by atoms with E-state index in [4.69, 9.17) is 9.47 Å². The highest BCUT2D eigenvalue weighted by atomic mass is 16.5. The van der Waals surface area contributed by atoms with Crippen molar-refractivity contribution in [2.24, 2.45) is 0 Å². The van der Waals surface area contributed by atoms with Crippen LogP contribution in [0.25, 0.3) is 0 Å². The van der Waals surface area contributed by atoms with Crippen LogP contribution in [0, 0.1) is 0 Å². The Kier molecular flexibility index (Phi) is 5.59. The van der Waals surface area contributed by atoms with E-state index in [2.05, 4.69) is 19.1 Å². The molecule has 0 aromatic heterocycles. The predicted octanol–water partition coefficient (Wildman–Crippen LogP) is 4.22. The normalized spacial score (nSPS) is 11.8. The smallest absolute Gasteiger partial charge is 0.337 e. The van der Waals surface area contributed by atoms with E-state index >= 15 is 0 Å². The molecule has 116 valence electrons. The summed E-state index contributed by atoms with van der Waals surface area (Å²) in [6.07, 6.45) is 2.08. The van der Waals surface area contributed by atoms with Gasteiger partial charge in [0, 0.05) is 0 Å². The highest BCUT2D eigenvalue weighted by molar-refractivity contribution is 5.89. The van der Waals surface area contributed by atoms with Gasteiger partial charge < -0.3 is 9.47 Å². The van der Waals surface area contributed by atoms with Crippen LogP contribution in [0.3, 0.4) is 0 Å². The molecule has 0 heterocycles. The Morgan fingerprint density at radius 3 is 2.18 bits per heavy atom. The molecule has 2 aromatic carbocycles. The molecule has 22 heavy (non-hydrogen) atoms. The second-order valence-corrected chi connectivity index (χ2v) is 5.40. The van der Waals surface area contributed by atoms with E-state index in [0.29, 0.717) is 11.5 Å². The van der Waals surface area contributed by atoms with Crippen LogP contribution in [0.4, 0.5) is 0 Å². The Labute approximate surface area is 131 Å². The second kappa shape index (κ2) is 7.64. The third-order valence-electron chi connectivity index (χ3n) is 3.93. The van der Waals surface area contributed by atoms with Crippen molar-refractivity contribution < 1.29 is 14.3 Å². The molecule has 3 heteroatoms. The van der Waals surface area contributed by atoms with Gasteiger partial charge in [-0.2, -0.15) is 0 Å². The van der Waals surface area contributed by atoms with Crippen molar-refractivity contribution >= 4 is 5.97 Å². The third-order valence-corrected chi connectivity index (χ3v) is 3.93. The van der Waals surface area contributed by atoms with E-state index < -0.39 is 0 Å². The zero-order valence-electron chi connectivity index (χ0n) is 13.3. The molecule has 1 atom stereocenters. The van der Waals surface area contributed by atoms with Gasteiger partial charge in [0.2, 0.25) is 0 Å². The highest BCUT2D eigenvalue weighted by Crippen LogP contribution is 2.22. The maximum atomic E-state index is 11.4. The Morgan fingerprint density at radius 2 is 1.64 bits per heavy atom. The van der Waals surface area contributed by atoms with Crippen molar-refractivity contribution in [1.82, 2.24) is 0 Å². The Balaban J connectivity index is 1.93. The molecule has 0 aliphatic heterocycles. The van der Waals surface area contributed by atoms with Crippen molar-refractivity contribution in [3.63, 3.8) is 0 Å². The number of hydrogen-bond acceptors (Lipinski definition) is 3. The van der Waals surface area contributed by atoms with E-state index in [1.165, 1.54) is 18.2 Å². The summed E-state index contributed by atoms with van der Waals surface area (Å²) in [5.74, 6) is 1.03. The van der Waals surface area contributed by atoms with Crippen molar-refractivity contribution in [1.29, 1.82) is 0 Å². The van der Waals surface area contributed by atoms with Crippen LogP contribution in [0.2, 0.25) is 0 Å². The zero-order valence-corrected chi connectivity index (χ0v) is 13.3. The van der Waals surface area contributed by atoms with Crippen LogP contribution in [0.1, 0.15) is 40.7 Å². The lowest BCUT2D eigenvalue weighted by molar-refractivity contribution is 0.0600. The molecule has 0 aliphatic rings. The van der Waals surface area contributed by atoms with Gasteiger partial charge in [0.1, 0.15) is 5.75 Å². The summed E-state index contributed by atoms with van der Waals surface area (Å²) in [5, 5.41) is 0. The molecule has 0 fully saturated rings. The van der Waals surface area contributed by atoms with Crippen molar-refractivity contribution in [2.45, 2.75) is 25.7 Å². The van der Waals surface area contributed by atoms with Gasteiger partial charge in [-0.1, -0.05) is 31.2 Å². The van der Waals surface area contributed by atoms with Gasteiger partial charge >= 0.3 is 5.97 Å². The largest absolute Gasteiger partial charge is 0.497 e. The number of esters is 1. The maximum Gasteiger partial charge on any atom is 0.337 e. The molecule has 0 N–H and O–H groups in total. The van der Waals surface area contributed by atoms with E-state index in [1.54, 1.807) is 7.11 Å². The fourth-order valence-corrected chi connectivity index (χ4v) is 2.41. The number of aryl methyl sites for hydroxylation is 1. The Bertz CT molecular complexity index is 600. The quantitative estimate of drug-likeness (QED) is 0.749. The number of hydrogen-bond donors (Lipinski definition) is 0. The molecule has 0 spiro atoms. The van der Waals surface area contributed by atoms with Crippen LogP contribution in [-0.2, 0) is 11.2 Å². The molecular formula is C19H22O3. The number of carbonyl (C=O) groups excluding carboxylic acids is 1. The topological polar surface area (TPSA) is 35.5 Å². The number of carbonyl (C=O) groups is 1. The third kappa shape index (κ3) is 4.10. The van der Waals surface area contributed by atoms with E-state index in [0.717, 1.165) is 18.6 Å². The summed E-state index contributed by atoms with van der Waals surface area (Å²) < 4.78 is 9.88. The summed E-state index contributed by atoms with van der Waals surface area (Å²) in [6, 6.07) is 15.8. The lowest BCUT2D eigenvalue weighted by atomic mass is 9.93. The first-order chi connectivity index (χ1) is 10.6. The standard InChI is InChI=1S/C19H22O3/c1-14(4-5-15-6-12-18(21-2)13-7-15)16-8-10-17(11-9-16)19(20)22-3/h6-14H,4-5H2,1-3H3. The predicted molar refractivity (Wildman–Crippen MR) is 87.5 cm³/mol. The number of methoxy groups -OCH3 is 2. The SMILES string of the molecule is COC(=O)c1ccc(C(C)CCc2ccc(OC)cc2)cc1. The van der Waals surface area contributed by atoms with Gasteiger partial charge in [0.05, 0.1) is 19.8 Å². The Morgan fingerprint density at radius 1 is 1.00 bits per heavy atom. The molecule has 1 unspecified atom stereocenters. The van der Waals surface area contributed by atoms with Crippen molar-refractivity contribution in [3.05, 3.63) is 65.2 Å². The summed E-state index contributed by atoms with van der Waals surface area (Å²) in [5.41, 5.74) is 3.13. The average molecular weight is 298 g/mol. The summed E-state index contributed by atoms with van der Waals surface area (Å²) in [4.78, 5) is 11.4. The highest BCUT2D eigenvalue weighted by Gasteiger charge is 2.09. The number of rotatable bonds is 6. The minimum Gasteiger partial charge on any atom is -0.497 e. The van der Waals surface area contributed by atoms with Crippen LogP contribution in [0.15, 0.2) is 48.5 Å². The van der Waals surface area contributed by atoms with E-state index in [9.17, 15) is 4.79 Å². The van der Waals surface area contributed by atoms with Crippen molar-refractivity contribution in [3.8, 4) is 5.75 Å². The van der Waals surface area contributed by atoms with Gasteiger partial charge in [-0.3, -0.25) is 0 Å². The lowest BCUT2D eigenvalue weighted by Crippen LogP contribution is -2.02. The maximum absolute atomic E-state index is 11.4. The van der Waals surface area contributed by atoms with Crippen LogP contribution < -0.4 is 4.74 Å². The lowest BCUT2D eigenvalue weighted by Gasteiger charge is -2.12. The monoisotopic (exact) mass is 298 g/mol. The molecule has 0 amide bonds. The van der Waals surface area contributed by atoms with E-state index in [-0.39, 0.29) is 5.97 Å². The summed E-state index contributed by atoms with van der Waals surface area (Å²) >= 11 is 0. The molecule has 0 radical (unpaired) electrons. The zero-order chi connectivity index (χ0) is 15.9. The number of ether oxygens (including phenoxy) is 2. The van der Waals surface area contributed by atoms with Gasteiger partial charge in [0.25, 0.3) is 0 Å². The first-order valence-electron chi connectivity index (χ1n) is 7.45. The van der Waals surface area contributed by atoms with Gasteiger partial charge in [-0.25, -0.2) is 4.79 Å². The molecule has 0 aliphatic carbocycles. The van der Waals surface area contributed by atoms with E-state index in [1.807, 2.05) is 36.4 Å². The molecule has 2 rings (SSSR count). The molecule has 0 bridgehead atoms. The molecule has 2 aromatic rings. The minimum absolute atomic E-state index is 0.294. The van der Waals surface area contributed by atoms with Crippen molar-refractivity contribution in [2.75, 3.05) is 14.2 Å². The molecular weight excluding hydrogens is 276 g/mol. The van der Waals surface area contributed by atoms with Crippen LogP contribution in [-0.4, -0.2) is 20.2 Å². The average Bonchev–Trinajstić information content (AvgIpc) is 2.59. The molecule has 0 saturated heterocycles. The van der Waals surface area contributed by atoms with Crippen LogP contribution in [0.5, 0.6) is 5.75 Å². The fraction of sp³-hybridized carbons (Fsp3) is 0.316. The fourth-order valence-electron chi connectivity index (χ4n) is 2.41. The minimum atomic E-state index is -0.294. The van der Waals surface area contributed by atoms with Gasteiger partial charge in [0.15, 0.2) is 0 Å². The number of benzene rings is 2. The summed E-state index contributed by atoms with van der Waals surface area (Å²) in [6.45, 7) is 2.21. The Hall–Kier alpha value is -2.29. The molecule has 3 nitrogen and oxygen atoms in total. The first-order valence-corrected chi connectivity index (χ1v) is 7.45. The first kappa shape index (κ1) is 16.1. The molecule has 0 saturated carbocycles. The van der Waals surface area contributed by atoms with Gasteiger partial charge in [-0.15, -0.1) is 0 Å².